The van der Waals surface area contributed by atoms with Gasteiger partial charge in [0, 0.05) is 37.6 Å². The molecule has 0 spiro atoms. The van der Waals surface area contributed by atoms with Crippen molar-refractivity contribution in [3.05, 3.63) is 59.2 Å². The van der Waals surface area contributed by atoms with Crippen molar-refractivity contribution in [3.8, 4) is 0 Å². The summed E-state index contributed by atoms with van der Waals surface area (Å²) >= 11 is 0. The number of benzene rings is 2. The first kappa shape index (κ1) is 18.8. The van der Waals surface area contributed by atoms with Gasteiger partial charge in [-0.3, -0.25) is 0 Å². The number of amides is 2. The molecule has 0 aliphatic carbocycles. The predicted molar refractivity (Wildman–Crippen MR) is 107 cm³/mol. The van der Waals surface area contributed by atoms with E-state index in [0.29, 0.717) is 24.3 Å². The van der Waals surface area contributed by atoms with Crippen molar-refractivity contribution in [2.24, 2.45) is 0 Å². The first-order valence-electron chi connectivity index (χ1n) is 9.05. The summed E-state index contributed by atoms with van der Waals surface area (Å²) in [6.07, 6.45) is 0. The van der Waals surface area contributed by atoms with Crippen molar-refractivity contribution in [1.82, 2.24) is 4.90 Å². The number of ether oxygens (including phenoxy) is 1. The second kappa shape index (κ2) is 8.12. The number of nitrogens with zero attached hydrogens (tertiary/aromatic N) is 2. The standard InChI is InChI=1S/C21H25N3O3/c1-15-5-4-6-16(2)19(15)23-11-13-24(14-12-23)21(26)22-18-9-7-17(8-10-18)20(25)27-3/h4-10H,11-14H2,1-3H3,(H,22,26). The van der Waals surface area contributed by atoms with Gasteiger partial charge < -0.3 is 19.9 Å². The van der Waals surface area contributed by atoms with Crippen molar-refractivity contribution in [1.29, 1.82) is 0 Å². The van der Waals surface area contributed by atoms with Crippen LogP contribution in [0.1, 0.15) is 21.5 Å². The smallest absolute Gasteiger partial charge is 0.337 e. The Morgan fingerprint density at radius 3 is 2.07 bits per heavy atom. The molecule has 1 N–H and O–H groups in total. The van der Waals surface area contributed by atoms with Gasteiger partial charge >= 0.3 is 12.0 Å². The van der Waals surface area contributed by atoms with Crippen LogP contribution < -0.4 is 10.2 Å². The number of para-hydroxylation sites is 1. The van der Waals surface area contributed by atoms with E-state index < -0.39 is 5.97 Å². The highest BCUT2D eigenvalue weighted by atomic mass is 16.5. The van der Waals surface area contributed by atoms with Crippen molar-refractivity contribution >= 4 is 23.4 Å². The molecular formula is C21H25N3O3. The number of hydrogen-bond donors (Lipinski definition) is 1. The minimum atomic E-state index is -0.393. The van der Waals surface area contributed by atoms with Crippen LogP contribution in [0.4, 0.5) is 16.2 Å². The number of hydrogen-bond acceptors (Lipinski definition) is 4. The molecule has 0 bridgehead atoms. The zero-order valence-corrected chi connectivity index (χ0v) is 16.0. The second-order valence-corrected chi connectivity index (χ2v) is 6.71. The topological polar surface area (TPSA) is 61.9 Å². The summed E-state index contributed by atoms with van der Waals surface area (Å²) in [5.41, 5.74) is 4.91. The van der Waals surface area contributed by atoms with Gasteiger partial charge in [0.2, 0.25) is 0 Å². The van der Waals surface area contributed by atoms with E-state index in [2.05, 4.69) is 47.0 Å². The SMILES string of the molecule is COC(=O)c1ccc(NC(=O)N2CCN(c3c(C)cccc3C)CC2)cc1. The molecule has 1 saturated heterocycles. The fraction of sp³-hybridized carbons (Fsp3) is 0.333. The van der Waals surface area contributed by atoms with E-state index in [4.69, 9.17) is 0 Å². The Labute approximate surface area is 159 Å². The number of anilines is 2. The lowest BCUT2D eigenvalue weighted by molar-refractivity contribution is 0.0600. The van der Waals surface area contributed by atoms with Crippen molar-refractivity contribution < 1.29 is 14.3 Å². The molecule has 142 valence electrons. The summed E-state index contributed by atoms with van der Waals surface area (Å²) in [5.74, 6) is -0.393. The Kier molecular flexibility index (Phi) is 5.64. The number of piperazine rings is 1. The maximum atomic E-state index is 12.5. The van der Waals surface area contributed by atoms with Gasteiger partial charge in [-0.25, -0.2) is 9.59 Å². The van der Waals surface area contributed by atoms with Gasteiger partial charge in [-0.1, -0.05) is 18.2 Å². The number of esters is 1. The highest BCUT2D eigenvalue weighted by Gasteiger charge is 2.23. The maximum absolute atomic E-state index is 12.5. The summed E-state index contributed by atoms with van der Waals surface area (Å²) in [6.45, 7) is 7.19. The Morgan fingerprint density at radius 1 is 0.926 bits per heavy atom. The molecule has 0 radical (unpaired) electrons. The number of rotatable bonds is 3. The van der Waals surface area contributed by atoms with E-state index >= 15 is 0 Å². The first-order valence-corrected chi connectivity index (χ1v) is 9.05. The fourth-order valence-electron chi connectivity index (χ4n) is 3.45. The molecule has 0 atom stereocenters. The van der Waals surface area contributed by atoms with Gasteiger partial charge in [0.1, 0.15) is 0 Å². The Balaban J connectivity index is 1.58. The molecule has 6 heteroatoms. The third-order valence-electron chi connectivity index (χ3n) is 4.88. The van der Waals surface area contributed by atoms with E-state index in [1.54, 1.807) is 24.3 Å². The summed E-state index contributed by atoms with van der Waals surface area (Å²) in [5, 5.41) is 2.89. The van der Waals surface area contributed by atoms with Crippen LogP contribution in [0.2, 0.25) is 0 Å². The highest BCUT2D eigenvalue weighted by Crippen LogP contribution is 2.25. The normalized spacial score (nSPS) is 14.0. The molecule has 2 aromatic carbocycles. The van der Waals surface area contributed by atoms with E-state index in [1.165, 1.54) is 23.9 Å². The van der Waals surface area contributed by atoms with Gasteiger partial charge in [-0.2, -0.15) is 0 Å². The molecule has 0 saturated carbocycles. The van der Waals surface area contributed by atoms with Gasteiger partial charge in [0.05, 0.1) is 12.7 Å². The number of carbonyl (C=O) groups is 2. The first-order chi connectivity index (χ1) is 13.0. The molecule has 27 heavy (non-hydrogen) atoms. The molecule has 2 amide bonds. The quantitative estimate of drug-likeness (QED) is 0.844. The van der Waals surface area contributed by atoms with E-state index in [-0.39, 0.29) is 6.03 Å². The second-order valence-electron chi connectivity index (χ2n) is 6.71. The molecule has 6 nitrogen and oxygen atoms in total. The summed E-state index contributed by atoms with van der Waals surface area (Å²) < 4.78 is 4.68. The van der Waals surface area contributed by atoms with Crippen LogP contribution in [-0.4, -0.2) is 50.2 Å². The van der Waals surface area contributed by atoms with Crippen molar-refractivity contribution in [2.75, 3.05) is 43.5 Å². The number of aryl methyl sites for hydroxylation is 2. The van der Waals surface area contributed by atoms with Crippen molar-refractivity contribution in [3.63, 3.8) is 0 Å². The van der Waals surface area contributed by atoms with Gasteiger partial charge in [-0.15, -0.1) is 0 Å². The van der Waals surface area contributed by atoms with E-state index in [9.17, 15) is 9.59 Å². The molecule has 3 rings (SSSR count). The molecule has 1 aliphatic heterocycles. The van der Waals surface area contributed by atoms with Crippen molar-refractivity contribution in [2.45, 2.75) is 13.8 Å². The minimum Gasteiger partial charge on any atom is -0.465 e. The average Bonchev–Trinajstić information content (AvgIpc) is 2.68. The van der Waals surface area contributed by atoms with Gasteiger partial charge in [0.25, 0.3) is 0 Å². The van der Waals surface area contributed by atoms with Crippen LogP contribution in [0.5, 0.6) is 0 Å². The van der Waals surface area contributed by atoms with Crippen LogP contribution in [0.15, 0.2) is 42.5 Å². The Hall–Kier alpha value is -3.02. The molecule has 1 heterocycles. The lowest BCUT2D eigenvalue weighted by Crippen LogP contribution is -2.50. The number of carbonyl (C=O) groups excluding carboxylic acids is 2. The average molecular weight is 367 g/mol. The number of methoxy groups -OCH3 is 1. The van der Waals surface area contributed by atoms with Crippen LogP contribution in [0.25, 0.3) is 0 Å². The highest BCUT2D eigenvalue weighted by molar-refractivity contribution is 5.92. The fourth-order valence-corrected chi connectivity index (χ4v) is 3.45. The molecule has 0 unspecified atom stereocenters. The zero-order valence-electron chi connectivity index (χ0n) is 16.0. The Morgan fingerprint density at radius 2 is 1.52 bits per heavy atom. The Bertz CT molecular complexity index is 805. The largest absolute Gasteiger partial charge is 0.465 e. The maximum Gasteiger partial charge on any atom is 0.337 e. The summed E-state index contributed by atoms with van der Waals surface area (Å²) in [6, 6.07) is 12.9. The summed E-state index contributed by atoms with van der Waals surface area (Å²) in [7, 11) is 1.34. The third-order valence-corrected chi connectivity index (χ3v) is 4.88. The molecule has 1 fully saturated rings. The van der Waals surface area contributed by atoms with Crippen LogP contribution >= 0.6 is 0 Å². The summed E-state index contributed by atoms with van der Waals surface area (Å²) in [4.78, 5) is 28.2. The third kappa shape index (κ3) is 4.22. The van der Waals surface area contributed by atoms with Gasteiger partial charge in [0.15, 0.2) is 0 Å². The number of urea groups is 1. The lowest BCUT2D eigenvalue weighted by Gasteiger charge is -2.37. The van der Waals surface area contributed by atoms with Gasteiger partial charge in [-0.05, 0) is 49.2 Å². The van der Waals surface area contributed by atoms with Crippen LogP contribution in [0, 0.1) is 13.8 Å². The molecule has 2 aromatic rings. The minimum absolute atomic E-state index is 0.123. The molecule has 0 aromatic heterocycles. The van der Waals surface area contributed by atoms with Crippen LogP contribution in [-0.2, 0) is 4.74 Å². The monoisotopic (exact) mass is 367 g/mol. The number of nitrogens with one attached hydrogen (secondary N) is 1. The molecular weight excluding hydrogens is 342 g/mol. The van der Waals surface area contributed by atoms with E-state index in [1.807, 2.05) is 4.90 Å². The van der Waals surface area contributed by atoms with Crippen LogP contribution in [0.3, 0.4) is 0 Å². The zero-order chi connectivity index (χ0) is 19.4. The predicted octanol–water partition coefficient (Wildman–Crippen LogP) is 3.44. The van der Waals surface area contributed by atoms with E-state index in [0.717, 1.165) is 13.1 Å². The molecule has 1 aliphatic rings. The lowest BCUT2D eigenvalue weighted by atomic mass is 10.1.